The van der Waals surface area contributed by atoms with Crippen LogP contribution in [0.3, 0.4) is 0 Å². The lowest BCUT2D eigenvalue weighted by Crippen LogP contribution is -2.46. The molecule has 0 radical (unpaired) electrons. The zero-order valence-electron chi connectivity index (χ0n) is 15.4. The smallest absolute Gasteiger partial charge is 0.410 e. The summed E-state index contributed by atoms with van der Waals surface area (Å²) in [5.74, 6) is 0.462. The third-order valence-corrected chi connectivity index (χ3v) is 5.04. The number of rotatable bonds is 3. The molecule has 1 aromatic heterocycles. The van der Waals surface area contributed by atoms with Crippen molar-refractivity contribution in [3.05, 3.63) is 23.2 Å². The van der Waals surface area contributed by atoms with Gasteiger partial charge in [-0.25, -0.2) is 4.79 Å². The minimum atomic E-state index is -0.546. The number of carbonyl (C=O) groups excluding carboxylic acids is 2. The van der Waals surface area contributed by atoms with Crippen molar-refractivity contribution in [2.24, 2.45) is 5.73 Å². The fourth-order valence-corrected chi connectivity index (χ4v) is 3.71. The van der Waals surface area contributed by atoms with Crippen molar-refractivity contribution < 1.29 is 18.7 Å². The van der Waals surface area contributed by atoms with Gasteiger partial charge in [0.25, 0.3) is 5.91 Å². The molecule has 1 spiro atoms. The molecule has 2 amide bonds. The predicted molar refractivity (Wildman–Crippen MR) is 92.3 cm³/mol. The SMILES string of the molecule is CN1CC2(CCN(Cc3cc(C(N)=O)oc3C(C)(C)C)CC2)OC1=O. The lowest BCUT2D eigenvalue weighted by Gasteiger charge is -2.37. The van der Waals surface area contributed by atoms with Crippen LogP contribution in [0.1, 0.15) is 55.5 Å². The number of carbonyl (C=O) groups is 2. The molecule has 2 aliphatic heterocycles. The van der Waals surface area contributed by atoms with E-state index in [0.717, 1.165) is 37.3 Å². The Morgan fingerprint density at radius 1 is 1.32 bits per heavy atom. The molecule has 138 valence electrons. The first-order valence-corrected chi connectivity index (χ1v) is 8.69. The predicted octanol–water partition coefficient (Wildman–Crippen LogP) is 2.09. The second kappa shape index (κ2) is 6.05. The standard InChI is InChI=1S/C18H27N3O4/c1-17(2,3)14-12(9-13(24-14)15(19)22)10-21-7-5-18(6-8-21)11-20(4)16(23)25-18/h9H,5-8,10-11H2,1-4H3,(H2,19,22). The number of nitrogens with zero attached hydrogens (tertiary/aromatic N) is 2. The fraction of sp³-hybridized carbons (Fsp3) is 0.667. The van der Waals surface area contributed by atoms with E-state index in [4.69, 9.17) is 14.9 Å². The largest absolute Gasteiger partial charge is 0.455 e. The van der Waals surface area contributed by atoms with E-state index in [0.29, 0.717) is 13.1 Å². The number of hydrogen-bond acceptors (Lipinski definition) is 5. The molecule has 0 bridgehead atoms. The molecule has 2 aliphatic rings. The van der Waals surface area contributed by atoms with Crippen LogP contribution in [0, 0.1) is 0 Å². The molecule has 25 heavy (non-hydrogen) atoms. The molecule has 2 fully saturated rings. The molecule has 3 rings (SSSR count). The lowest BCUT2D eigenvalue weighted by molar-refractivity contribution is -0.00136. The second-order valence-corrected chi connectivity index (χ2v) is 8.26. The van der Waals surface area contributed by atoms with Crippen molar-refractivity contribution in [1.82, 2.24) is 9.80 Å². The van der Waals surface area contributed by atoms with Gasteiger partial charge in [0.2, 0.25) is 0 Å². The van der Waals surface area contributed by atoms with Crippen LogP contribution in [0.2, 0.25) is 0 Å². The molecule has 0 aromatic carbocycles. The van der Waals surface area contributed by atoms with Crippen molar-refractivity contribution in [1.29, 1.82) is 0 Å². The normalized spacial score (nSPS) is 21.0. The maximum absolute atomic E-state index is 11.7. The van der Waals surface area contributed by atoms with Gasteiger partial charge in [-0.15, -0.1) is 0 Å². The summed E-state index contributed by atoms with van der Waals surface area (Å²) in [7, 11) is 1.77. The van der Waals surface area contributed by atoms with Gasteiger partial charge < -0.3 is 19.8 Å². The summed E-state index contributed by atoms with van der Waals surface area (Å²) in [6.07, 6.45) is 1.40. The van der Waals surface area contributed by atoms with E-state index in [1.807, 2.05) is 0 Å². The molecule has 0 aliphatic carbocycles. The van der Waals surface area contributed by atoms with Crippen LogP contribution >= 0.6 is 0 Å². The summed E-state index contributed by atoms with van der Waals surface area (Å²) in [5.41, 5.74) is 5.83. The Hall–Kier alpha value is -2.02. The van der Waals surface area contributed by atoms with Gasteiger partial charge in [-0.1, -0.05) is 20.8 Å². The maximum atomic E-state index is 11.7. The summed E-state index contributed by atoms with van der Waals surface area (Å²) in [6.45, 7) is 9.19. The first kappa shape index (κ1) is 17.8. The highest BCUT2D eigenvalue weighted by Gasteiger charge is 2.45. The molecule has 7 nitrogen and oxygen atoms in total. The van der Waals surface area contributed by atoms with E-state index >= 15 is 0 Å². The Labute approximate surface area is 148 Å². The highest BCUT2D eigenvalue weighted by Crippen LogP contribution is 2.34. The number of furan rings is 1. The zero-order chi connectivity index (χ0) is 18.4. The Morgan fingerprint density at radius 3 is 2.44 bits per heavy atom. The maximum Gasteiger partial charge on any atom is 0.410 e. The second-order valence-electron chi connectivity index (χ2n) is 8.26. The minimum Gasteiger partial charge on any atom is -0.455 e. The molecule has 7 heteroatoms. The lowest BCUT2D eigenvalue weighted by atomic mass is 9.89. The van der Waals surface area contributed by atoms with Crippen LogP contribution in [-0.4, -0.2) is 54.1 Å². The number of likely N-dealkylation sites (N-methyl/N-ethyl adjacent to an activating group) is 1. The first-order valence-electron chi connectivity index (χ1n) is 8.69. The number of hydrogen-bond donors (Lipinski definition) is 1. The number of amides is 2. The molecule has 2 saturated heterocycles. The van der Waals surface area contributed by atoms with Gasteiger partial charge in [0.15, 0.2) is 5.76 Å². The molecule has 0 atom stereocenters. The number of likely N-dealkylation sites (tertiary alicyclic amines) is 1. The Kier molecular flexibility index (Phi) is 4.31. The zero-order valence-corrected chi connectivity index (χ0v) is 15.4. The highest BCUT2D eigenvalue weighted by atomic mass is 16.6. The van der Waals surface area contributed by atoms with Crippen LogP contribution < -0.4 is 5.73 Å². The van der Waals surface area contributed by atoms with Crippen LogP contribution in [0.5, 0.6) is 0 Å². The summed E-state index contributed by atoms with van der Waals surface area (Å²) in [5, 5.41) is 0. The van der Waals surface area contributed by atoms with Crippen LogP contribution in [0.15, 0.2) is 10.5 Å². The summed E-state index contributed by atoms with van der Waals surface area (Å²) in [4.78, 5) is 27.1. The van der Waals surface area contributed by atoms with Crippen molar-refractivity contribution in [2.75, 3.05) is 26.7 Å². The van der Waals surface area contributed by atoms with E-state index in [1.165, 1.54) is 0 Å². The van der Waals surface area contributed by atoms with Gasteiger partial charge in [0.05, 0.1) is 6.54 Å². The molecular weight excluding hydrogens is 322 g/mol. The Morgan fingerprint density at radius 2 is 1.96 bits per heavy atom. The number of ether oxygens (including phenoxy) is 1. The topological polar surface area (TPSA) is 89.0 Å². The number of primary amides is 1. The van der Waals surface area contributed by atoms with Crippen LogP contribution in [0.4, 0.5) is 4.79 Å². The third kappa shape index (κ3) is 3.51. The van der Waals surface area contributed by atoms with Crippen LogP contribution in [-0.2, 0) is 16.7 Å². The van der Waals surface area contributed by atoms with Crippen molar-refractivity contribution >= 4 is 12.0 Å². The van der Waals surface area contributed by atoms with E-state index in [9.17, 15) is 9.59 Å². The van der Waals surface area contributed by atoms with Gasteiger partial charge in [-0.05, 0) is 6.07 Å². The molecule has 2 N–H and O–H groups in total. The van der Waals surface area contributed by atoms with E-state index in [1.54, 1.807) is 18.0 Å². The Bertz CT molecular complexity index is 681. The van der Waals surface area contributed by atoms with Crippen molar-refractivity contribution in [2.45, 2.75) is 51.2 Å². The number of nitrogens with two attached hydrogens (primary N) is 1. The third-order valence-electron chi connectivity index (χ3n) is 5.04. The van der Waals surface area contributed by atoms with Gasteiger partial charge in [0.1, 0.15) is 11.4 Å². The van der Waals surface area contributed by atoms with Crippen molar-refractivity contribution in [3.63, 3.8) is 0 Å². The first-order chi connectivity index (χ1) is 11.6. The Balaban J connectivity index is 1.70. The van der Waals surface area contributed by atoms with Gasteiger partial charge in [0, 0.05) is 50.5 Å². The van der Waals surface area contributed by atoms with E-state index in [2.05, 4.69) is 25.7 Å². The molecular formula is C18H27N3O4. The van der Waals surface area contributed by atoms with Crippen molar-refractivity contribution in [3.8, 4) is 0 Å². The highest BCUT2D eigenvalue weighted by molar-refractivity contribution is 5.90. The monoisotopic (exact) mass is 349 g/mol. The summed E-state index contributed by atoms with van der Waals surface area (Å²) in [6, 6.07) is 1.76. The number of piperidine rings is 1. The minimum absolute atomic E-state index is 0.205. The van der Waals surface area contributed by atoms with Crippen LogP contribution in [0.25, 0.3) is 0 Å². The van der Waals surface area contributed by atoms with Gasteiger partial charge in [-0.2, -0.15) is 0 Å². The summed E-state index contributed by atoms with van der Waals surface area (Å²) >= 11 is 0. The fourth-order valence-electron chi connectivity index (χ4n) is 3.71. The average Bonchev–Trinajstić information content (AvgIpc) is 3.04. The van der Waals surface area contributed by atoms with E-state index < -0.39 is 5.91 Å². The molecule has 1 aromatic rings. The quantitative estimate of drug-likeness (QED) is 0.902. The average molecular weight is 349 g/mol. The molecule has 0 saturated carbocycles. The molecule has 0 unspecified atom stereocenters. The summed E-state index contributed by atoms with van der Waals surface area (Å²) < 4.78 is 11.3. The van der Waals surface area contributed by atoms with E-state index in [-0.39, 0.29) is 22.9 Å². The van der Waals surface area contributed by atoms with Gasteiger partial charge in [-0.3, -0.25) is 9.69 Å². The molecule has 3 heterocycles. The van der Waals surface area contributed by atoms with Gasteiger partial charge >= 0.3 is 6.09 Å².